The van der Waals surface area contributed by atoms with Crippen LogP contribution < -0.4 is 10.1 Å². The van der Waals surface area contributed by atoms with Crippen molar-refractivity contribution in [2.45, 2.75) is 12.0 Å². The topological polar surface area (TPSA) is 21.3 Å². The van der Waals surface area contributed by atoms with E-state index in [1.807, 2.05) is 6.07 Å². The molecule has 2 aliphatic rings. The van der Waals surface area contributed by atoms with Gasteiger partial charge in [-0.2, -0.15) is 0 Å². The van der Waals surface area contributed by atoms with E-state index in [4.69, 9.17) is 4.74 Å². The molecule has 0 aliphatic carbocycles. The van der Waals surface area contributed by atoms with E-state index in [0.717, 1.165) is 30.8 Å². The first-order valence-electron chi connectivity index (χ1n) is 4.46. The standard InChI is InChI=1S/C10H10FNO.ClH/c11-8-2-1-7-4-10(5-12-6-10)13-9(7)3-8;/h1-3,12H,4-6H2;1H. The first kappa shape index (κ1) is 9.74. The van der Waals surface area contributed by atoms with Gasteiger partial charge in [0.1, 0.15) is 17.2 Å². The minimum atomic E-state index is -0.219. The molecule has 1 saturated heterocycles. The highest BCUT2D eigenvalue weighted by Crippen LogP contribution is 2.37. The van der Waals surface area contributed by atoms with Crippen molar-refractivity contribution >= 4 is 12.4 Å². The predicted molar refractivity (Wildman–Crippen MR) is 53.6 cm³/mol. The molecule has 2 nitrogen and oxygen atoms in total. The van der Waals surface area contributed by atoms with Gasteiger partial charge in [0.15, 0.2) is 0 Å². The van der Waals surface area contributed by atoms with Crippen LogP contribution in [0, 0.1) is 5.82 Å². The highest BCUT2D eigenvalue weighted by molar-refractivity contribution is 5.85. The lowest BCUT2D eigenvalue weighted by molar-refractivity contribution is 0.0384. The van der Waals surface area contributed by atoms with E-state index in [9.17, 15) is 4.39 Å². The number of ether oxygens (including phenoxy) is 1. The van der Waals surface area contributed by atoms with E-state index in [-0.39, 0.29) is 23.8 Å². The lowest BCUT2D eigenvalue weighted by Crippen LogP contribution is -2.62. The quantitative estimate of drug-likeness (QED) is 0.709. The Kier molecular flexibility index (Phi) is 2.16. The Labute approximate surface area is 87.9 Å². The van der Waals surface area contributed by atoms with Crippen LogP contribution in [0.1, 0.15) is 5.56 Å². The summed E-state index contributed by atoms with van der Waals surface area (Å²) in [5.74, 6) is 0.504. The molecule has 3 rings (SSSR count). The summed E-state index contributed by atoms with van der Waals surface area (Å²) in [6.07, 6.45) is 0.912. The number of fused-ring (bicyclic) bond motifs is 1. The van der Waals surface area contributed by atoms with Crippen LogP contribution in [0.2, 0.25) is 0 Å². The van der Waals surface area contributed by atoms with Gasteiger partial charge in [0.2, 0.25) is 0 Å². The third kappa shape index (κ3) is 1.28. The van der Waals surface area contributed by atoms with E-state index in [1.165, 1.54) is 12.1 Å². The van der Waals surface area contributed by atoms with Crippen molar-refractivity contribution in [3.63, 3.8) is 0 Å². The summed E-state index contributed by atoms with van der Waals surface area (Å²) in [6, 6.07) is 4.79. The van der Waals surface area contributed by atoms with Gasteiger partial charge in [-0.25, -0.2) is 4.39 Å². The fourth-order valence-corrected chi connectivity index (χ4v) is 1.99. The molecule has 76 valence electrons. The molecule has 1 aromatic carbocycles. The van der Waals surface area contributed by atoms with Crippen LogP contribution in [0.4, 0.5) is 4.39 Å². The van der Waals surface area contributed by atoms with Crippen LogP contribution in [0.3, 0.4) is 0 Å². The molecule has 14 heavy (non-hydrogen) atoms. The smallest absolute Gasteiger partial charge is 0.138 e. The molecule has 0 unspecified atom stereocenters. The second kappa shape index (κ2) is 3.11. The highest BCUT2D eigenvalue weighted by Gasteiger charge is 2.44. The molecule has 2 aliphatic heterocycles. The highest BCUT2D eigenvalue weighted by atomic mass is 35.5. The second-order valence-corrected chi connectivity index (χ2v) is 3.82. The minimum absolute atomic E-state index is 0. The zero-order valence-corrected chi connectivity index (χ0v) is 8.36. The third-order valence-electron chi connectivity index (χ3n) is 2.76. The Hall–Kier alpha value is -0.800. The molecule has 1 aromatic rings. The molecular weight excluding hydrogens is 205 g/mol. The summed E-state index contributed by atoms with van der Waals surface area (Å²) in [6.45, 7) is 1.76. The van der Waals surface area contributed by atoms with Gasteiger partial charge in [-0.3, -0.25) is 0 Å². The molecule has 0 aromatic heterocycles. The SMILES string of the molecule is Cl.Fc1ccc2c(c1)OC1(CNC1)C2. The summed E-state index contributed by atoms with van der Waals surface area (Å²) in [5.41, 5.74) is 1.07. The monoisotopic (exact) mass is 215 g/mol. The Balaban J connectivity index is 0.000000750. The second-order valence-electron chi connectivity index (χ2n) is 3.82. The molecule has 0 saturated carbocycles. The molecule has 0 bridgehead atoms. The summed E-state index contributed by atoms with van der Waals surface area (Å²) >= 11 is 0. The summed E-state index contributed by atoms with van der Waals surface area (Å²) in [4.78, 5) is 0. The van der Waals surface area contributed by atoms with Gasteiger partial charge in [0.05, 0.1) is 0 Å². The van der Waals surface area contributed by atoms with E-state index < -0.39 is 0 Å². The third-order valence-corrected chi connectivity index (χ3v) is 2.76. The first-order chi connectivity index (χ1) is 6.27. The van der Waals surface area contributed by atoms with E-state index in [0.29, 0.717) is 0 Å². The van der Waals surface area contributed by atoms with Gasteiger partial charge < -0.3 is 10.1 Å². The van der Waals surface area contributed by atoms with Crippen molar-refractivity contribution in [1.82, 2.24) is 5.32 Å². The zero-order chi connectivity index (χ0) is 8.89. The Morgan fingerprint density at radius 2 is 2.14 bits per heavy atom. The van der Waals surface area contributed by atoms with Crippen molar-refractivity contribution < 1.29 is 9.13 Å². The van der Waals surface area contributed by atoms with Crippen molar-refractivity contribution in [1.29, 1.82) is 0 Å². The fraction of sp³-hybridized carbons (Fsp3) is 0.400. The Morgan fingerprint density at radius 1 is 1.36 bits per heavy atom. The van der Waals surface area contributed by atoms with Crippen molar-refractivity contribution in [3.8, 4) is 5.75 Å². The minimum Gasteiger partial charge on any atom is -0.484 e. The molecule has 2 heterocycles. The predicted octanol–water partition coefficient (Wildman–Crippen LogP) is 1.52. The lowest BCUT2D eigenvalue weighted by Gasteiger charge is -2.38. The largest absolute Gasteiger partial charge is 0.484 e. The van der Waals surface area contributed by atoms with Gasteiger partial charge in [-0.1, -0.05) is 6.07 Å². The van der Waals surface area contributed by atoms with E-state index in [2.05, 4.69) is 5.32 Å². The van der Waals surface area contributed by atoms with E-state index in [1.54, 1.807) is 0 Å². The summed E-state index contributed by atoms with van der Waals surface area (Å²) in [5, 5.41) is 3.17. The average molecular weight is 216 g/mol. The van der Waals surface area contributed by atoms with Crippen LogP contribution in [0.25, 0.3) is 0 Å². The molecule has 0 radical (unpaired) electrons. The van der Waals surface area contributed by atoms with Crippen LogP contribution in [0.5, 0.6) is 5.75 Å². The van der Waals surface area contributed by atoms with Gasteiger partial charge >= 0.3 is 0 Å². The zero-order valence-electron chi connectivity index (χ0n) is 7.55. The van der Waals surface area contributed by atoms with Crippen LogP contribution in [-0.4, -0.2) is 18.7 Å². The maximum Gasteiger partial charge on any atom is 0.138 e. The van der Waals surface area contributed by atoms with Gasteiger partial charge in [-0.15, -0.1) is 12.4 Å². The number of halogens is 2. The molecule has 1 N–H and O–H groups in total. The molecule has 4 heteroatoms. The molecule has 1 fully saturated rings. The fourth-order valence-electron chi connectivity index (χ4n) is 1.99. The average Bonchev–Trinajstić information content (AvgIpc) is 2.41. The Morgan fingerprint density at radius 3 is 2.79 bits per heavy atom. The van der Waals surface area contributed by atoms with E-state index >= 15 is 0 Å². The van der Waals surface area contributed by atoms with Crippen LogP contribution >= 0.6 is 12.4 Å². The van der Waals surface area contributed by atoms with Crippen molar-refractivity contribution in [2.24, 2.45) is 0 Å². The number of hydrogen-bond donors (Lipinski definition) is 1. The number of nitrogens with one attached hydrogen (secondary N) is 1. The number of hydrogen-bond acceptors (Lipinski definition) is 2. The molecule has 0 amide bonds. The molecule has 1 spiro atoms. The summed E-state index contributed by atoms with van der Waals surface area (Å²) < 4.78 is 18.5. The van der Waals surface area contributed by atoms with Gasteiger partial charge in [-0.05, 0) is 11.6 Å². The van der Waals surface area contributed by atoms with Gasteiger partial charge in [0.25, 0.3) is 0 Å². The van der Waals surface area contributed by atoms with Crippen LogP contribution in [0.15, 0.2) is 18.2 Å². The maximum atomic E-state index is 12.8. The maximum absolute atomic E-state index is 12.8. The molecular formula is C10H11ClFNO. The first-order valence-corrected chi connectivity index (χ1v) is 4.46. The van der Waals surface area contributed by atoms with Crippen molar-refractivity contribution in [3.05, 3.63) is 29.6 Å². The number of rotatable bonds is 0. The normalized spacial score (nSPS) is 20.6. The van der Waals surface area contributed by atoms with Gasteiger partial charge in [0, 0.05) is 25.6 Å². The lowest BCUT2D eigenvalue weighted by atomic mass is 9.91. The summed E-state index contributed by atoms with van der Waals surface area (Å²) in [7, 11) is 0. The Bertz CT molecular complexity index is 365. The number of benzene rings is 1. The molecule has 0 atom stereocenters. The van der Waals surface area contributed by atoms with Crippen LogP contribution in [-0.2, 0) is 6.42 Å². The van der Waals surface area contributed by atoms with Crippen molar-refractivity contribution in [2.75, 3.05) is 13.1 Å².